The minimum absolute atomic E-state index is 0.377. The highest BCUT2D eigenvalue weighted by Gasteiger charge is 2.15. The molecule has 0 aliphatic rings. The van der Waals surface area contributed by atoms with Crippen LogP contribution in [0.3, 0.4) is 0 Å². The highest BCUT2D eigenvalue weighted by atomic mass is 32.1. The number of carbonyl (C=O) groups excluding carboxylic acids is 2. The average Bonchev–Trinajstić information content (AvgIpc) is 2.64. The Morgan fingerprint density at radius 2 is 2.19 bits per heavy atom. The molecule has 7 nitrogen and oxygen atoms in total. The number of amides is 3. The highest BCUT2D eigenvalue weighted by molar-refractivity contribution is 7.15. The standard InChI is InChI=1S/C8H13N5O2S/c1-3-5-12-13-8(16-5)11-6(14)4(2)10-7(9)15/h4H,3H2,1-2H3,(H3,9,10,15)(H,11,13,14). The van der Waals surface area contributed by atoms with Crippen LogP contribution in [0.5, 0.6) is 0 Å². The maximum atomic E-state index is 11.5. The third-order valence-electron chi connectivity index (χ3n) is 1.75. The monoisotopic (exact) mass is 243 g/mol. The van der Waals surface area contributed by atoms with E-state index in [1.807, 2.05) is 6.92 Å². The van der Waals surface area contributed by atoms with Gasteiger partial charge in [0, 0.05) is 0 Å². The van der Waals surface area contributed by atoms with Gasteiger partial charge in [0.1, 0.15) is 11.0 Å². The van der Waals surface area contributed by atoms with Gasteiger partial charge in [-0.2, -0.15) is 0 Å². The van der Waals surface area contributed by atoms with Crippen LogP contribution in [0.2, 0.25) is 0 Å². The summed E-state index contributed by atoms with van der Waals surface area (Å²) in [6.45, 7) is 3.48. The predicted molar refractivity (Wildman–Crippen MR) is 60.1 cm³/mol. The lowest BCUT2D eigenvalue weighted by Gasteiger charge is -2.10. The Balaban J connectivity index is 2.53. The summed E-state index contributed by atoms with van der Waals surface area (Å²) < 4.78 is 0. The number of anilines is 1. The Morgan fingerprint density at radius 3 is 2.69 bits per heavy atom. The minimum Gasteiger partial charge on any atom is -0.352 e. The highest BCUT2D eigenvalue weighted by Crippen LogP contribution is 2.15. The average molecular weight is 243 g/mol. The first-order valence-electron chi connectivity index (χ1n) is 4.72. The number of primary amides is 1. The molecule has 16 heavy (non-hydrogen) atoms. The molecule has 0 spiro atoms. The number of aromatic nitrogens is 2. The maximum absolute atomic E-state index is 11.5. The van der Waals surface area contributed by atoms with Gasteiger partial charge in [0.05, 0.1) is 0 Å². The first-order valence-corrected chi connectivity index (χ1v) is 5.53. The number of carbonyl (C=O) groups is 2. The summed E-state index contributed by atoms with van der Waals surface area (Å²) in [5, 5.41) is 13.7. The van der Waals surface area contributed by atoms with Crippen LogP contribution in [-0.2, 0) is 11.2 Å². The molecule has 1 atom stereocenters. The first-order chi connectivity index (χ1) is 7.52. The van der Waals surface area contributed by atoms with E-state index in [-0.39, 0.29) is 5.91 Å². The second kappa shape index (κ2) is 5.40. The summed E-state index contributed by atoms with van der Waals surface area (Å²) in [6, 6.07) is -1.44. The number of nitrogens with two attached hydrogens (primary N) is 1. The molecule has 0 aliphatic carbocycles. The number of aryl methyl sites for hydroxylation is 1. The van der Waals surface area contributed by atoms with Crippen molar-refractivity contribution in [2.75, 3.05) is 5.32 Å². The molecule has 1 aromatic heterocycles. The fourth-order valence-corrected chi connectivity index (χ4v) is 1.62. The van der Waals surface area contributed by atoms with Gasteiger partial charge in [-0.25, -0.2) is 4.79 Å². The van der Waals surface area contributed by atoms with Gasteiger partial charge >= 0.3 is 6.03 Å². The lowest BCUT2D eigenvalue weighted by Crippen LogP contribution is -2.44. The van der Waals surface area contributed by atoms with Crippen molar-refractivity contribution >= 4 is 28.4 Å². The van der Waals surface area contributed by atoms with Crippen LogP contribution in [0.15, 0.2) is 0 Å². The largest absolute Gasteiger partial charge is 0.352 e. The van der Waals surface area contributed by atoms with E-state index in [4.69, 9.17) is 5.73 Å². The molecule has 0 fully saturated rings. The van der Waals surface area contributed by atoms with Crippen molar-refractivity contribution in [3.05, 3.63) is 5.01 Å². The van der Waals surface area contributed by atoms with Gasteiger partial charge in [-0.3, -0.25) is 10.1 Å². The molecular formula is C8H13N5O2S. The molecule has 1 aromatic rings. The van der Waals surface area contributed by atoms with Crippen molar-refractivity contribution in [1.29, 1.82) is 0 Å². The van der Waals surface area contributed by atoms with Gasteiger partial charge in [0.25, 0.3) is 0 Å². The summed E-state index contributed by atoms with van der Waals surface area (Å²) in [6.07, 6.45) is 0.766. The van der Waals surface area contributed by atoms with Crippen molar-refractivity contribution in [3.63, 3.8) is 0 Å². The topological polar surface area (TPSA) is 110 Å². The lowest BCUT2D eigenvalue weighted by atomic mass is 10.3. The van der Waals surface area contributed by atoms with Crippen LogP contribution in [0.1, 0.15) is 18.9 Å². The summed E-state index contributed by atoms with van der Waals surface area (Å²) in [5.41, 5.74) is 4.89. The maximum Gasteiger partial charge on any atom is 0.312 e. The van der Waals surface area contributed by atoms with E-state index in [1.54, 1.807) is 0 Å². The molecule has 0 saturated heterocycles. The van der Waals surface area contributed by atoms with Gasteiger partial charge < -0.3 is 11.1 Å². The smallest absolute Gasteiger partial charge is 0.312 e. The van der Waals surface area contributed by atoms with E-state index < -0.39 is 12.1 Å². The van der Waals surface area contributed by atoms with Crippen molar-refractivity contribution in [2.45, 2.75) is 26.3 Å². The molecule has 3 amide bonds. The van der Waals surface area contributed by atoms with E-state index in [0.717, 1.165) is 11.4 Å². The van der Waals surface area contributed by atoms with Gasteiger partial charge in [-0.1, -0.05) is 18.3 Å². The Bertz CT molecular complexity index is 392. The second-order valence-electron chi connectivity index (χ2n) is 3.07. The Morgan fingerprint density at radius 1 is 1.50 bits per heavy atom. The van der Waals surface area contributed by atoms with Crippen LogP contribution in [0.4, 0.5) is 9.93 Å². The molecule has 0 bridgehead atoms. The summed E-state index contributed by atoms with van der Waals surface area (Å²) in [4.78, 5) is 22.0. The molecule has 4 N–H and O–H groups in total. The molecule has 0 aliphatic heterocycles. The third kappa shape index (κ3) is 3.46. The van der Waals surface area contributed by atoms with Crippen molar-refractivity contribution in [1.82, 2.24) is 15.5 Å². The minimum atomic E-state index is -0.742. The fraction of sp³-hybridized carbons (Fsp3) is 0.500. The van der Waals surface area contributed by atoms with Crippen molar-refractivity contribution < 1.29 is 9.59 Å². The van der Waals surface area contributed by atoms with Crippen LogP contribution in [-0.4, -0.2) is 28.2 Å². The molecule has 0 radical (unpaired) electrons. The number of nitrogens with zero attached hydrogens (tertiary/aromatic N) is 2. The van der Waals surface area contributed by atoms with Crippen molar-refractivity contribution in [3.8, 4) is 0 Å². The fourth-order valence-electron chi connectivity index (χ4n) is 0.940. The Kier molecular flexibility index (Phi) is 4.18. The first kappa shape index (κ1) is 12.4. The van der Waals surface area contributed by atoms with Crippen LogP contribution >= 0.6 is 11.3 Å². The molecule has 0 saturated carbocycles. The SMILES string of the molecule is CCc1nnc(NC(=O)C(C)NC(N)=O)s1. The third-order valence-corrected chi connectivity index (χ3v) is 2.73. The number of nitrogens with one attached hydrogen (secondary N) is 2. The number of hydrogen-bond acceptors (Lipinski definition) is 5. The van der Waals surface area contributed by atoms with Crippen molar-refractivity contribution in [2.24, 2.45) is 5.73 Å². The van der Waals surface area contributed by atoms with Gasteiger partial charge in [0.15, 0.2) is 0 Å². The molecule has 88 valence electrons. The van der Waals surface area contributed by atoms with Crippen LogP contribution in [0, 0.1) is 0 Å². The molecule has 1 unspecified atom stereocenters. The van der Waals surface area contributed by atoms with E-state index >= 15 is 0 Å². The summed E-state index contributed by atoms with van der Waals surface area (Å²) >= 11 is 1.30. The second-order valence-corrected chi connectivity index (χ2v) is 4.14. The molecule has 1 heterocycles. The van der Waals surface area contributed by atoms with Crippen LogP contribution in [0.25, 0.3) is 0 Å². The Labute approximate surface area is 96.4 Å². The number of hydrogen-bond donors (Lipinski definition) is 3. The van der Waals surface area contributed by atoms with Gasteiger partial charge in [0.2, 0.25) is 11.0 Å². The molecule has 1 rings (SSSR count). The molecular weight excluding hydrogens is 230 g/mol. The zero-order valence-electron chi connectivity index (χ0n) is 8.98. The van der Waals surface area contributed by atoms with E-state index in [1.165, 1.54) is 18.3 Å². The number of urea groups is 1. The van der Waals surface area contributed by atoms with Gasteiger partial charge in [-0.15, -0.1) is 10.2 Å². The summed E-state index contributed by atoms with van der Waals surface area (Å²) in [5.74, 6) is -0.377. The zero-order chi connectivity index (χ0) is 12.1. The number of rotatable bonds is 4. The van der Waals surface area contributed by atoms with E-state index in [9.17, 15) is 9.59 Å². The quantitative estimate of drug-likeness (QED) is 0.696. The zero-order valence-corrected chi connectivity index (χ0v) is 9.80. The predicted octanol–water partition coefficient (Wildman–Crippen LogP) is 0.0958. The lowest BCUT2D eigenvalue weighted by molar-refractivity contribution is -0.117. The van der Waals surface area contributed by atoms with E-state index in [0.29, 0.717) is 5.13 Å². The molecule has 8 heteroatoms. The van der Waals surface area contributed by atoms with E-state index in [2.05, 4.69) is 20.8 Å². The van der Waals surface area contributed by atoms with Gasteiger partial charge in [-0.05, 0) is 13.3 Å². The summed E-state index contributed by atoms with van der Waals surface area (Å²) in [7, 11) is 0. The Hall–Kier alpha value is -1.70. The molecule has 0 aromatic carbocycles. The van der Waals surface area contributed by atoms with Crippen LogP contribution < -0.4 is 16.4 Å². The normalized spacial score (nSPS) is 11.9.